The van der Waals surface area contributed by atoms with Crippen LogP contribution in [0, 0.1) is 19.8 Å². The van der Waals surface area contributed by atoms with Crippen LogP contribution in [0.2, 0.25) is 5.02 Å². The Morgan fingerprint density at radius 3 is 2.34 bits per heavy atom. The number of aromatic nitrogens is 1. The standard InChI is InChI=1S/C23H27ClN2O6/c1-6-31-23(30)20-13(4)18(14(5)25-20)17(27)11-32-22(29)19(12(2)3)26-21(28)15-9-7-8-10-16(15)24/h7-10,12,19,25H,6,11H2,1-5H3,(H,26,28)/t19-/m0/s1. The molecule has 0 saturated heterocycles. The Morgan fingerprint density at radius 2 is 1.75 bits per heavy atom. The number of Topliss-reactive ketones (excluding diaryl/α,β-unsaturated/α-hetero) is 1. The van der Waals surface area contributed by atoms with Crippen molar-refractivity contribution in [2.45, 2.75) is 40.7 Å². The van der Waals surface area contributed by atoms with Gasteiger partial charge in [0.15, 0.2) is 6.61 Å². The first-order chi connectivity index (χ1) is 15.1. The minimum atomic E-state index is -0.977. The SMILES string of the molecule is CCOC(=O)c1[nH]c(C)c(C(=O)COC(=O)[C@@H](NC(=O)c2ccccc2Cl)C(C)C)c1C. The summed E-state index contributed by atoms with van der Waals surface area (Å²) in [5.74, 6) is -2.60. The predicted molar refractivity (Wildman–Crippen MR) is 119 cm³/mol. The highest BCUT2D eigenvalue weighted by molar-refractivity contribution is 6.33. The number of halogens is 1. The maximum atomic E-state index is 12.7. The second-order valence-electron chi connectivity index (χ2n) is 7.55. The zero-order valence-corrected chi connectivity index (χ0v) is 19.5. The number of nitrogens with one attached hydrogen (secondary N) is 2. The molecule has 2 rings (SSSR count). The molecule has 0 aliphatic carbocycles. The van der Waals surface area contributed by atoms with E-state index in [1.54, 1.807) is 58.9 Å². The van der Waals surface area contributed by atoms with E-state index >= 15 is 0 Å². The monoisotopic (exact) mass is 462 g/mol. The van der Waals surface area contributed by atoms with Gasteiger partial charge in [-0.15, -0.1) is 0 Å². The van der Waals surface area contributed by atoms with Gasteiger partial charge in [0.2, 0.25) is 5.78 Å². The summed E-state index contributed by atoms with van der Waals surface area (Å²) in [5, 5.41) is 2.87. The third kappa shape index (κ3) is 5.76. The number of aromatic amines is 1. The van der Waals surface area contributed by atoms with Crippen molar-refractivity contribution in [3.63, 3.8) is 0 Å². The molecule has 1 atom stereocenters. The maximum Gasteiger partial charge on any atom is 0.355 e. The predicted octanol–water partition coefficient (Wildman–Crippen LogP) is 3.64. The molecule has 0 bridgehead atoms. The maximum absolute atomic E-state index is 12.7. The topological polar surface area (TPSA) is 115 Å². The van der Waals surface area contributed by atoms with Crippen LogP contribution >= 0.6 is 11.6 Å². The Labute approximate surface area is 191 Å². The fourth-order valence-electron chi connectivity index (χ4n) is 3.24. The van der Waals surface area contributed by atoms with E-state index in [9.17, 15) is 19.2 Å². The van der Waals surface area contributed by atoms with Crippen molar-refractivity contribution < 1.29 is 28.7 Å². The van der Waals surface area contributed by atoms with Gasteiger partial charge in [-0.05, 0) is 44.4 Å². The van der Waals surface area contributed by atoms with E-state index in [1.165, 1.54) is 0 Å². The van der Waals surface area contributed by atoms with Gasteiger partial charge in [-0.3, -0.25) is 9.59 Å². The summed E-state index contributed by atoms with van der Waals surface area (Å²) in [5.41, 5.74) is 1.58. The molecular weight excluding hydrogens is 436 g/mol. The first kappa shape index (κ1) is 25.1. The lowest BCUT2D eigenvalue weighted by Crippen LogP contribution is -2.45. The van der Waals surface area contributed by atoms with Crippen LogP contribution in [0.15, 0.2) is 24.3 Å². The van der Waals surface area contributed by atoms with E-state index in [2.05, 4.69) is 10.3 Å². The van der Waals surface area contributed by atoms with Crippen LogP contribution in [0.1, 0.15) is 63.2 Å². The lowest BCUT2D eigenvalue weighted by Gasteiger charge is -2.21. The van der Waals surface area contributed by atoms with Crippen molar-refractivity contribution in [1.29, 1.82) is 0 Å². The van der Waals surface area contributed by atoms with E-state index in [0.29, 0.717) is 11.3 Å². The molecule has 1 aromatic heterocycles. The largest absolute Gasteiger partial charge is 0.461 e. The molecule has 9 heteroatoms. The number of aryl methyl sites for hydroxylation is 1. The summed E-state index contributed by atoms with van der Waals surface area (Å²) >= 11 is 6.05. The lowest BCUT2D eigenvalue weighted by atomic mass is 10.0. The molecule has 172 valence electrons. The summed E-state index contributed by atoms with van der Waals surface area (Å²) in [4.78, 5) is 52.8. The minimum Gasteiger partial charge on any atom is -0.461 e. The second-order valence-corrected chi connectivity index (χ2v) is 7.96. The molecular formula is C23H27ClN2O6. The smallest absolute Gasteiger partial charge is 0.355 e. The van der Waals surface area contributed by atoms with Crippen molar-refractivity contribution in [3.05, 3.63) is 57.4 Å². The molecule has 0 fully saturated rings. The number of hydrogen-bond donors (Lipinski definition) is 2. The number of carbonyl (C=O) groups is 4. The van der Waals surface area contributed by atoms with Gasteiger partial charge in [-0.25, -0.2) is 9.59 Å². The summed E-state index contributed by atoms with van der Waals surface area (Å²) in [6.07, 6.45) is 0. The number of benzene rings is 1. The normalized spacial score (nSPS) is 11.7. The van der Waals surface area contributed by atoms with Crippen molar-refractivity contribution in [1.82, 2.24) is 10.3 Å². The summed E-state index contributed by atoms with van der Waals surface area (Å²) in [6, 6.07) is 5.49. The Balaban J connectivity index is 2.09. The van der Waals surface area contributed by atoms with E-state index in [0.717, 1.165) is 0 Å². The summed E-state index contributed by atoms with van der Waals surface area (Å²) < 4.78 is 10.2. The summed E-state index contributed by atoms with van der Waals surface area (Å²) in [7, 11) is 0. The minimum absolute atomic E-state index is 0.186. The Morgan fingerprint density at radius 1 is 1.09 bits per heavy atom. The third-order valence-corrected chi connectivity index (χ3v) is 5.20. The number of ketones is 1. The Hall–Kier alpha value is -3.13. The average molecular weight is 463 g/mol. The molecule has 1 heterocycles. The zero-order chi connectivity index (χ0) is 24.0. The van der Waals surface area contributed by atoms with Crippen molar-refractivity contribution in [2.75, 3.05) is 13.2 Å². The third-order valence-electron chi connectivity index (χ3n) is 4.87. The summed E-state index contributed by atoms with van der Waals surface area (Å²) in [6.45, 7) is 8.10. The molecule has 32 heavy (non-hydrogen) atoms. The fraction of sp³-hybridized carbons (Fsp3) is 0.391. The van der Waals surface area contributed by atoms with Crippen LogP contribution in [0.4, 0.5) is 0 Å². The van der Waals surface area contributed by atoms with E-state index in [-0.39, 0.29) is 34.4 Å². The molecule has 2 N–H and O–H groups in total. The van der Waals surface area contributed by atoms with Gasteiger partial charge in [0.05, 0.1) is 17.2 Å². The van der Waals surface area contributed by atoms with Gasteiger partial charge in [0, 0.05) is 11.3 Å². The molecule has 0 unspecified atom stereocenters. The first-order valence-corrected chi connectivity index (χ1v) is 10.6. The van der Waals surface area contributed by atoms with Crippen LogP contribution in [-0.2, 0) is 14.3 Å². The highest BCUT2D eigenvalue weighted by Gasteiger charge is 2.29. The van der Waals surface area contributed by atoms with Gasteiger partial charge in [-0.1, -0.05) is 37.6 Å². The number of carbonyl (C=O) groups excluding carboxylic acids is 4. The van der Waals surface area contributed by atoms with E-state index < -0.39 is 36.3 Å². The number of ether oxygens (including phenoxy) is 2. The van der Waals surface area contributed by atoms with E-state index in [1.807, 2.05) is 0 Å². The zero-order valence-electron chi connectivity index (χ0n) is 18.7. The first-order valence-electron chi connectivity index (χ1n) is 10.2. The molecule has 0 aliphatic heterocycles. The highest BCUT2D eigenvalue weighted by Crippen LogP contribution is 2.20. The van der Waals surface area contributed by atoms with Crippen LogP contribution in [0.3, 0.4) is 0 Å². The van der Waals surface area contributed by atoms with Crippen LogP contribution in [0.5, 0.6) is 0 Å². The van der Waals surface area contributed by atoms with Gasteiger partial charge in [-0.2, -0.15) is 0 Å². The fourth-order valence-corrected chi connectivity index (χ4v) is 3.46. The molecule has 1 amide bonds. The number of hydrogen-bond acceptors (Lipinski definition) is 6. The van der Waals surface area contributed by atoms with Crippen molar-refractivity contribution in [3.8, 4) is 0 Å². The van der Waals surface area contributed by atoms with Crippen LogP contribution in [-0.4, -0.2) is 47.9 Å². The molecule has 0 saturated carbocycles. The van der Waals surface area contributed by atoms with Gasteiger partial charge in [0.1, 0.15) is 11.7 Å². The van der Waals surface area contributed by atoms with Gasteiger partial charge >= 0.3 is 11.9 Å². The van der Waals surface area contributed by atoms with Crippen molar-refractivity contribution >= 4 is 35.2 Å². The molecule has 0 radical (unpaired) electrons. The number of rotatable bonds is 9. The quantitative estimate of drug-likeness (QED) is 0.434. The van der Waals surface area contributed by atoms with Crippen LogP contribution in [0.25, 0.3) is 0 Å². The average Bonchev–Trinajstić information content (AvgIpc) is 3.04. The molecule has 0 spiro atoms. The second kappa shape index (κ2) is 10.9. The number of esters is 2. The highest BCUT2D eigenvalue weighted by atomic mass is 35.5. The molecule has 2 aromatic rings. The molecule has 8 nitrogen and oxygen atoms in total. The van der Waals surface area contributed by atoms with Crippen molar-refractivity contribution in [2.24, 2.45) is 5.92 Å². The Kier molecular flexibility index (Phi) is 8.60. The Bertz CT molecular complexity index is 1030. The van der Waals surface area contributed by atoms with Crippen LogP contribution < -0.4 is 5.32 Å². The molecule has 0 aliphatic rings. The van der Waals surface area contributed by atoms with E-state index in [4.69, 9.17) is 21.1 Å². The van der Waals surface area contributed by atoms with Gasteiger partial charge < -0.3 is 19.8 Å². The number of amides is 1. The van der Waals surface area contributed by atoms with Gasteiger partial charge in [0.25, 0.3) is 5.91 Å². The molecule has 1 aromatic carbocycles. The number of H-pyrrole nitrogens is 1. The lowest BCUT2D eigenvalue weighted by molar-refractivity contribution is -0.145.